The second-order valence-corrected chi connectivity index (χ2v) is 10.5. The van der Waals surface area contributed by atoms with Crippen molar-refractivity contribution in [2.24, 2.45) is 0 Å². The van der Waals surface area contributed by atoms with E-state index in [-0.39, 0.29) is 31.2 Å². The molecule has 5 rings (SSSR count). The van der Waals surface area contributed by atoms with Gasteiger partial charge < -0.3 is 9.64 Å². The highest BCUT2D eigenvalue weighted by Gasteiger charge is 2.58. The maximum Gasteiger partial charge on any atom is 0.264 e. The van der Waals surface area contributed by atoms with Crippen molar-refractivity contribution in [3.8, 4) is 5.75 Å². The molecular weight excluding hydrogens is 582 g/mol. The van der Waals surface area contributed by atoms with E-state index in [0.717, 1.165) is 10.5 Å². The summed E-state index contributed by atoms with van der Waals surface area (Å²) in [5.41, 5.74) is 1.69. The molecule has 0 saturated carbocycles. The van der Waals surface area contributed by atoms with E-state index in [0.29, 0.717) is 28.6 Å². The minimum Gasteiger partial charge on any atom is -0.494 e. The van der Waals surface area contributed by atoms with Crippen molar-refractivity contribution in [3.63, 3.8) is 0 Å². The van der Waals surface area contributed by atoms with Gasteiger partial charge >= 0.3 is 0 Å². The van der Waals surface area contributed by atoms with Crippen LogP contribution in [0.3, 0.4) is 0 Å². The Labute approximate surface area is 237 Å². The fraction of sp³-hybridized carbons (Fsp3) is 0.192. The van der Waals surface area contributed by atoms with Crippen LogP contribution in [0.2, 0.25) is 25.1 Å². The number of carbonyl (C=O) groups excluding carboxylic acids is 3. The minimum atomic E-state index is -1.16. The van der Waals surface area contributed by atoms with Crippen LogP contribution in [0.4, 0.5) is 5.69 Å². The molecule has 11 heteroatoms. The lowest BCUT2D eigenvalue weighted by Crippen LogP contribution is -2.67. The Hall–Kier alpha value is -2.48. The molecule has 2 atom stereocenters. The van der Waals surface area contributed by atoms with Crippen LogP contribution in [-0.4, -0.2) is 35.3 Å². The molecule has 1 saturated heterocycles. The number of nitrogens with zero attached hydrogens (tertiary/aromatic N) is 2. The summed E-state index contributed by atoms with van der Waals surface area (Å²) in [5.74, 6) is -1.35. The van der Waals surface area contributed by atoms with Crippen molar-refractivity contribution in [3.05, 3.63) is 89.8 Å². The van der Waals surface area contributed by atoms with Crippen molar-refractivity contribution >= 4 is 81.4 Å². The zero-order valence-electron chi connectivity index (χ0n) is 19.3. The molecule has 0 aromatic heterocycles. The molecule has 6 nitrogen and oxygen atoms in total. The van der Waals surface area contributed by atoms with Crippen LogP contribution >= 0.6 is 58.0 Å². The topological polar surface area (TPSA) is 66.9 Å². The highest BCUT2D eigenvalue weighted by atomic mass is 35.5. The highest BCUT2D eigenvalue weighted by molar-refractivity contribution is 6.55. The Bertz CT molecular complexity index is 1440. The maximum absolute atomic E-state index is 13.7. The zero-order chi connectivity index (χ0) is 26.8. The predicted octanol–water partition coefficient (Wildman–Crippen LogP) is 7.41. The number of fused-ring (bicyclic) bond motifs is 1. The lowest BCUT2D eigenvalue weighted by Gasteiger charge is -2.50. The van der Waals surface area contributed by atoms with E-state index < -0.39 is 29.8 Å². The quantitative estimate of drug-likeness (QED) is 0.133. The molecular formula is C26H17Cl5N2O4. The monoisotopic (exact) mass is 596 g/mol. The molecule has 1 fully saturated rings. The van der Waals surface area contributed by atoms with Crippen molar-refractivity contribution in [2.45, 2.75) is 25.9 Å². The standard InChI is InChI=1S/C26H17Cl5N2O4/c1-3-37-14-7-4-12(5-8-14)22-23(26(36)32(22)15-9-6-13(27)10-11(15)2)33-24(34)16-17(25(33)35)19(29)21(31)20(30)18(16)28/h4-10,22-23H,3H2,1-2H3/t22-,23-/m0/s1. The summed E-state index contributed by atoms with van der Waals surface area (Å²) < 4.78 is 5.54. The van der Waals surface area contributed by atoms with Crippen LogP contribution in [0.5, 0.6) is 5.75 Å². The van der Waals surface area contributed by atoms with Crippen LogP contribution in [0.15, 0.2) is 42.5 Å². The van der Waals surface area contributed by atoms with Gasteiger partial charge in [-0.2, -0.15) is 0 Å². The summed E-state index contributed by atoms with van der Waals surface area (Å²) in [6.07, 6.45) is 0. The first kappa shape index (κ1) is 26.1. The summed E-state index contributed by atoms with van der Waals surface area (Å²) >= 11 is 31.1. The second kappa shape index (κ2) is 9.68. The van der Waals surface area contributed by atoms with Crippen LogP contribution in [0.1, 0.15) is 44.8 Å². The number of benzene rings is 3. The Morgan fingerprint density at radius 2 is 1.32 bits per heavy atom. The molecule has 2 aliphatic heterocycles. The Morgan fingerprint density at radius 3 is 1.84 bits per heavy atom. The number of anilines is 1. The third kappa shape index (κ3) is 3.98. The number of carbonyl (C=O) groups is 3. The number of halogens is 5. The Morgan fingerprint density at radius 1 is 0.757 bits per heavy atom. The van der Waals surface area contributed by atoms with Gasteiger partial charge in [0.2, 0.25) is 0 Å². The fourth-order valence-corrected chi connectivity index (χ4v) is 6.00. The molecule has 0 unspecified atom stereocenters. The molecule has 190 valence electrons. The second-order valence-electron chi connectivity index (χ2n) is 8.52. The summed E-state index contributed by atoms with van der Waals surface area (Å²) in [6, 6.07) is 10.4. The third-order valence-electron chi connectivity index (χ3n) is 6.43. The number of hydrogen-bond donors (Lipinski definition) is 0. The van der Waals surface area contributed by atoms with Gasteiger partial charge in [-0.3, -0.25) is 19.3 Å². The van der Waals surface area contributed by atoms with Crippen molar-refractivity contribution in [1.29, 1.82) is 0 Å². The molecule has 3 aromatic rings. The first-order chi connectivity index (χ1) is 17.6. The van der Waals surface area contributed by atoms with Crippen LogP contribution in [-0.2, 0) is 4.79 Å². The summed E-state index contributed by atoms with van der Waals surface area (Å²) in [5, 5.41) is -0.154. The molecule has 3 aromatic carbocycles. The fourth-order valence-electron chi connectivity index (χ4n) is 4.76. The van der Waals surface area contributed by atoms with Crippen molar-refractivity contribution < 1.29 is 19.1 Å². The molecule has 0 spiro atoms. The van der Waals surface area contributed by atoms with Crippen LogP contribution in [0, 0.1) is 6.92 Å². The smallest absolute Gasteiger partial charge is 0.264 e. The van der Waals surface area contributed by atoms with Gasteiger partial charge in [-0.05, 0) is 55.3 Å². The maximum atomic E-state index is 13.7. The molecule has 37 heavy (non-hydrogen) atoms. The van der Waals surface area contributed by atoms with Crippen molar-refractivity contribution in [2.75, 3.05) is 11.5 Å². The number of hydrogen-bond acceptors (Lipinski definition) is 4. The average molecular weight is 599 g/mol. The molecule has 0 N–H and O–H groups in total. The molecule has 2 aliphatic rings. The number of imide groups is 1. The van der Waals surface area contributed by atoms with Crippen LogP contribution < -0.4 is 9.64 Å². The van der Waals surface area contributed by atoms with Crippen LogP contribution in [0.25, 0.3) is 0 Å². The van der Waals surface area contributed by atoms with Gasteiger partial charge in [-0.1, -0.05) is 70.1 Å². The number of amides is 3. The lowest BCUT2D eigenvalue weighted by atomic mass is 9.85. The molecule has 2 heterocycles. The average Bonchev–Trinajstić information content (AvgIpc) is 3.12. The van der Waals surface area contributed by atoms with E-state index in [9.17, 15) is 14.4 Å². The normalized spacial score (nSPS) is 18.8. The zero-order valence-corrected chi connectivity index (χ0v) is 23.1. The van der Waals surface area contributed by atoms with E-state index in [2.05, 4.69) is 0 Å². The number of β-lactam (4-membered cyclic amide) rings is 1. The van der Waals surface area contributed by atoms with E-state index in [1.165, 1.54) is 0 Å². The molecule has 0 bridgehead atoms. The predicted molar refractivity (Wildman–Crippen MR) is 145 cm³/mol. The third-order valence-corrected chi connectivity index (χ3v) is 8.47. The van der Waals surface area contributed by atoms with Gasteiger partial charge in [-0.25, -0.2) is 0 Å². The molecule has 0 radical (unpaired) electrons. The summed E-state index contributed by atoms with van der Waals surface area (Å²) in [6.45, 7) is 4.18. The van der Waals surface area contributed by atoms with Gasteiger partial charge in [-0.15, -0.1) is 0 Å². The van der Waals surface area contributed by atoms with Gasteiger partial charge in [0.1, 0.15) is 11.8 Å². The first-order valence-corrected chi connectivity index (χ1v) is 13.0. The number of rotatable bonds is 5. The largest absolute Gasteiger partial charge is 0.494 e. The summed E-state index contributed by atoms with van der Waals surface area (Å²) in [7, 11) is 0. The van der Waals surface area contributed by atoms with E-state index >= 15 is 0 Å². The van der Waals surface area contributed by atoms with Gasteiger partial charge in [0.25, 0.3) is 17.7 Å². The lowest BCUT2D eigenvalue weighted by molar-refractivity contribution is -0.130. The van der Waals surface area contributed by atoms with E-state index in [4.69, 9.17) is 62.7 Å². The van der Waals surface area contributed by atoms with Gasteiger partial charge in [0.05, 0.1) is 43.9 Å². The minimum absolute atomic E-state index is 0.142. The Kier molecular flexibility index (Phi) is 6.84. The van der Waals surface area contributed by atoms with Gasteiger partial charge in [0, 0.05) is 10.7 Å². The first-order valence-electron chi connectivity index (χ1n) is 11.1. The number of aryl methyl sites for hydroxylation is 1. The number of ether oxygens (including phenoxy) is 1. The SMILES string of the molecule is CCOc1ccc([C@H]2[C@H](N3C(=O)c4c(Cl)c(Cl)c(Cl)c(Cl)c4C3=O)C(=O)N2c2ccc(Cl)cc2C)cc1. The molecule has 3 amide bonds. The van der Waals surface area contributed by atoms with E-state index in [1.54, 1.807) is 47.4 Å². The Balaban J connectivity index is 1.63. The van der Waals surface area contributed by atoms with Gasteiger partial charge in [0.15, 0.2) is 0 Å². The van der Waals surface area contributed by atoms with E-state index in [1.807, 2.05) is 13.8 Å². The molecule has 0 aliphatic carbocycles. The summed E-state index contributed by atoms with van der Waals surface area (Å²) in [4.78, 5) is 43.2. The van der Waals surface area contributed by atoms with Crippen molar-refractivity contribution in [1.82, 2.24) is 4.90 Å². The highest BCUT2D eigenvalue weighted by Crippen LogP contribution is 2.49.